The molecule has 0 fully saturated rings. The number of para-hydroxylation sites is 1. The first-order valence-corrected chi connectivity index (χ1v) is 6.71. The van der Waals surface area contributed by atoms with E-state index in [1.54, 1.807) is 0 Å². The van der Waals surface area contributed by atoms with Crippen LogP contribution in [-0.4, -0.2) is 23.9 Å². The lowest BCUT2D eigenvalue weighted by Gasteiger charge is -2.18. The van der Waals surface area contributed by atoms with Gasteiger partial charge in [0.1, 0.15) is 11.5 Å². The second-order valence-electron chi connectivity index (χ2n) is 4.90. The Hall–Kier alpha value is -2.23. The number of nitrogens with zero attached hydrogens (tertiary/aromatic N) is 2. The highest BCUT2D eigenvalue weighted by Gasteiger charge is 2.19. The second kappa shape index (κ2) is 5.41. The van der Waals surface area contributed by atoms with E-state index >= 15 is 0 Å². The number of benzene rings is 1. The van der Waals surface area contributed by atoms with Crippen LogP contribution in [0.15, 0.2) is 42.6 Å². The van der Waals surface area contributed by atoms with Crippen molar-refractivity contribution in [3.8, 4) is 0 Å². The Morgan fingerprint density at radius 2 is 2.10 bits per heavy atom. The van der Waals surface area contributed by atoms with Gasteiger partial charge in [0.05, 0.1) is 6.20 Å². The van der Waals surface area contributed by atoms with E-state index in [-0.39, 0.29) is 5.78 Å². The van der Waals surface area contributed by atoms with E-state index in [1.807, 2.05) is 12.1 Å². The van der Waals surface area contributed by atoms with Crippen molar-refractivity contribution in [2.45, 2.75) is 12.8 Å². The fourth-order valence-electron chi connectivity index (χ4n) is 2.54. The number of hydrogen-bond acceptors (Lipinski definition) is 3. The van der Waals surface area contributed by atoms with Crippen molar-refractivity contribution < 1.29 is 9.18 Å². The summed E-state index contributed by atoms with van der Waals surface area (Å²) in [4.78, 5) is 18.1. The summed E-state index contributed by atoms with van der Waals surface area (Å²) in [5.41, 5.74) is 2.88. The average molecular weight is 270 g/mol. The lowest BCUT2D eigenvalue weighted by atomic mass is 10.1. The minimum atomic E-state index is -0.421. The number of Topliss-reactive ketones (excluding diaryl/α,β-unsaturated/α-hetero) is 1. The van der Waals surface area contributed by atoms with Crippen molar-refractivity contribution >= 4 is 11.5 Å². The normalized spacial score (nSPS) is 13.3. The molecule has 0 radical (unpaired) electrons. The lowest BCUT2D eigenvalue weighted by Crippen LogP contribution is -2.24. The first-order valence-electron chi connectivity index (χ1n) is 6.71. The van der Waals surface area contributed by atoms with Gasteiger partial charge in [0.2, 0.25) is 0 Å². The maximum atomic E-state index is 12.8. The Balaban J connectivity index is 1.63. The van der Waals surface area contributed by atoms with E-state index < -0.39 is 5.82 Å². The van der Waals surface area contributed by atoms with Crippen LogP contribution in [-0.2, 0) is 6.42 Å². The number of fused-ring (bicyclic) bond motifs is 1. The summed E-state index contributed by atoms with van der Waals surface area (Å²) in [6.45, 7) is 1.62. The largest absolute Gasteiger partial charge is 0.371 e. The lowest BCUT2D eigenvalue weighted by molar-refractivity contribution is 0.0980. The number of halogens is 1. The smallest absolute Gasteiger partial charge is 0.182 e. The fraction of sp³-hybridized carbons (Fsp3) is 0.250. The molecule has 1 aromatic carbocycles. The molecule has 0 bridgehead atoms. The molecule has 0 saturated carbocycles. The van der Waals surface area contributed by atoms with Gasteiger partial charge in [-0.25, -0.2) is 4.39 Å². The number of ketones is 1. The summed E-state index contributed by atoms with van der Waals surface area (Å²) in [6, 6.07) is 11.0. The number of anilines is 1. The molecule has 20 heavy (non-hydrogen) atoms. The number of aromatic nitrogens is 1. The predicted octanol–water partition coefficient (Wildman–Crippen LogP) is 2.86. The molecule has 1 aliphatic heterocycles. The molecule has 0 atom stereocenters. The topological polar surface area (TPSA) is 33.2 Å². The maximum absolute atomic E-state index is 12.8. The van der Waals surface area contributed by atoms with Gasteiger partial charge >= 0.3 is 0 Å². The van der Waals surface area contributed by atoms with E-state index in [2.05, 4.69) is 22.0 Å². The van der Waals surface area contributed by atoms with Gasteiger partial charge in [0, 0.05) is 25.2 Å². The first-order chi connectivity index (χ1) is 9.74. The molecule has 0 saturated heterocycles. The Morgan fingerprint density at radius 3 is 2.90 bits per heavy atom. The zero-order valence-corrected chi connectivity index (χ0v) is 11.1. The van der Waals surface area contributed by atoms with E-state index in [0.29, 0.717) is 18.7 Å². The van der Waals surface area contributed by atoms with Gasteiger partial charge in [-0.3, -0.25) is 9.78 Å². The number of carbonyl (C=O) groups is 1. The molecule has 2 aromatic rings. The summed E-state index contributed by atoms with van der Waals surface area (Å²) in [6.07, 6.45) is 2.50. The molecule has 1 aliphatic rings. The van der Waals surface area contributed by atoms with Crippen molar-refractivity contribution in [3.05, 3.63) is 59.7 Å². The van der Waals surface area contributed by atoms with Gasteiger partial charge in [-0.2, -0.15) is 0 Å². The Labute approximate surface area is 117 Å². The van der Waals surface area contributed by atoms with Crippen molar-refractivity contribution in [2.24, 2.45) is 0 Å². The first kappa shape index (κ1) is 12.8. The highest BCUT2D eigenvalue weighted by molar-refractivity contribution is 5.94. The molecule has 0 spiro atoms. The van der Waals surface area contributed by atoms with Gasteiger partial charge in [-0.15, -0.1) is 0 Å². The van der Waals surface area contributed by atoms with Crippen molar-refractivity contribution in [2.75, 3.05) is 18.0 Å². The third-order valence-electron chi connectivity index (χ3n) is 3.61. The molecular weight excluding hydrogens is 255 g/mol. The van der Waals surface area contributed by atoms with Crippen LogP contribution in [0.4, 0.5) is 10.1 Å². The van der Waals surface area contributed by atoms with Gasteiger partial charge in [0.25, 0.3) is 0 Å². The Kier molecular flexibility index (Phi) is 3.46. The molecule has 2 heterocycles. The summed E-state index contributed by atoms with van der Waals surface area (Å²) >= 11 is 0. The molecule has 1 aromatic heterocycles. The molecule has 0 amide bonds. The van der Waals surface area contributed by atoms with E-state index in [4.69, 9.17) is 0 Å². The maximum Gasteiger partial charge on any atom is 0.182 e. The van der Waals surface area contributed by atoms with E-state index in [0.717, 1.165) is 19.2 Å². The second-order valence-corrected chi connectivity index (χ2v) is 4.90. The van der Waals surface area contributed by atoms with Crippen LogP contribution in [0.2, 0.25) is 0 Å². The number of rotatable bonds is 4. The summed E-state index contributed by atoms with van der Waals surface area (Å²) in [5, 5.41) is 0. The third-order valence-corrected chi connectivity index (χ3v) is 3.61. The zero-order chi connectivity index (χ0) is 13.9. The highest BCUT2D eigenvalue weighted by Crippen LogP contribution is 2.27. The monoisotopic (exact) mass is 270 g/mol. The zero-order valence-electron chi connectivity index (χ0n) is 11.1. The van der Waals surface area contributed by atoms with E-state index in [1.165, 1.54) is 23.4 Å². The average Bonchev–Trinajstić information content (AvgIpc) is 2.89. The molecule has 4 heteroatoms. The Bertz CT molecular complexity index is 625. The molecule has 3 rings (SSSR count). The standard InChI is InChI=1S/C16H15FN2O/c17-13-5-6-14(18-11-13)16(20)8-10-19-9-7-12-3-1-2-4-15(12)19/h1-6,11H,7-10H2. The van der Waals surface area contributed by atoms with Crippen LogP contribution in [0.5, 0.6) is 0 Å². The minimum Gasteiger partial charge on any atom is -0.371 e. The van der Waals surface area contributed by atoms with Crippen molar-refractivity contribution in [1.29, 1.82) is 0 Å². The van der Waals surface area contributed by atoms with Crippen LogP contribution in [0.1, 0.15) is 22.5 Å². The highest BCUT2D eigenvalue weighted by atomic mass is 19.1. The van der Waals surface area contributed by atoms with Crippen molar-refractivity contribution in [3.63, 3.8) is 0 Å². The number of hydrogen-bond donors (Lipinski definition) is 0. The van der Waals surface area contributed by atoms with Gasteiger partial charge in [0.15, 0.2) is 5.78 Å². The van der Waals surface area contributed by atoms with Crippen LogP contribution in [0.3, 0.4) is 0 Å². The summed E-state index contributed by atoms with van der Waals surface area (Å²) < 4.78 is 12.8. The molecule has 0 N–H and O–H groups in total. The molecule has 0 unspecified atom stereocenters. The van der Waals surface area contributed by atoms with Crippen LogP contribution in [0.25, 0.3) is 0 Å². The molecule has 102 valence electrons. The van der Waals surface area contributed by atoms with Crippen molar-refractivity contribution in [1.82, 2.24) is 4.98 Å². The quantitative estimate of drug-likeness (QED) is 0.801. The molecular formula is C16H15FN2O. The minimum absolute atomic E-state index is 0.0469. The summed E-state index contributed by atoms with van der Waals surface area (Å²) in [7, 11) is 0. The molecule has 3 nitrogen and oxygen atoms in total. The number of pyridine rings is 1. The van der Waals surface area contributed by atoms with E-state index in [9.17, 15) is 9.18 Å². The number of carbonyl (C=O) groups excluding carboxylic acids is 1. The summed E-state index contributed by atoms with van der Waals surface area (Å²) in [5.74, 6) is -0.468. The Morgan fingerprint density at radius 1 is 1.25 bits per heavy atom. The van der Waals surface area contributed by atoms with Crippen LogP contribution >= 0.6 is 0 Å². The van der Waals surface area contributed by atoms with Crippen LogP contribution < -0.4 is 4.90 Å². The SMILES string of the molecule is O=C(CCN1CCc2ccccc21)c1ccc(F)cn1. The molecule has 0 aliphatic carbocycles. The van der Waals surface area contributed by atoms with Gasteiger partial charge in [-0.05, 0) is 30.2 Å². The van der Waals surface area contributed by atoms with Gasteiger partial charge in [-0.1, -0.05) is 18.2 Å². The van der Waals surface area contributed by atoms with Crippen LogP contribution in [0, 0.1) is 5.82 Å². The predicted molar refractivity (Wildman–Crippen MR) is 75.5 cm³/mol. The fourth-order valence-corrected chi connectivity index (χ4v) is 2.54. The van der Waals surface area contributed by atoms with Gasteiger partial charge < -0.3 is 4.90 Å². The third kappa shape index (κ3) is 2.54.